The van der Waals surface area contributed by atoms with Gasteiger partial charge in [-0.05, 0) is 44.7 Å². The lowest BCUT2D eigenvalue weighted by Gasteiger charge is -2.24. The monoisotopic (exact) mass is 263 g/mol. The minimum absolute atomic E-state index is 0.0559. The SMILES string of the molecule is CC(Oc1ccccc1N)C(=O)OC1CCCCC1. The average molecular weight is 263 g/mol. The molecule has 0 aliphatic heterocycles. The van der Waals surface area contributed by atoms with Gasteiger partial charge in [-0.3, -0.25) is 0 Å². The fourth-order valence-electron chi connectivity index (χ4n) is 2.27. The van der Waals surface area contributed by atoms with Gasteiger partial charge in [0.05, 0.1) is 5.69 Å². The fraction of sp³-hybridized carbons (Fsp3) is 0.533. The third kappa shape index (κ3) is 3.88. The summed E-state index contributed by atoms with van der Waals surface area (Å²) in [5.74, 6) is 0.214. The summed E-state index contributed by atoms with van der Waals surface area (Å²) in [6.07, 6.45) is 4.86. The van der Waals surface area contributed by atoms with E-state index in [0.717, 1.165) is 25.7 Å². The highest BCUT2D eigenvalue weighted by atomic mass is 16.6. The van der Waals surface area contributed by atoms with E-state index in [0.29, 0.717) is 11.4 Å². The minimum Gasteiger partial charge on any atom is -0.477 e. The van der Waals surface area contributed by atoms with Crippen molar-refractivity contribution in [3.8, 4) is 5.75 Å². The maximum absolute atomic E-state index is 11.9. The van der Waals surface area contributed by atoms with Crippen LogP contribution in [0.1, 0.15) is 39.0 Å². The second-order valence-electron chi connectivity index (χ2n) is 4.99. The first-order valence-electron chi connectivity index (χ1n) is 6.88. The number of esters is 1. The van der Waals surface area contributed by atoms with Crippen molar-refractivity contribution in [2.75, 3.05) is 5.73 Å². The van der Waals surface area contributed by atoms with Crippen LogP contribution in [0, 0.1) is 0 Å². The zero-order chi connectivity index (χ0) is 13.7. The number of carbonyl (C=O) groups excluding carboxylic acids is 1. The highest BCUT2D eigenvalue weighted by Gasteiger charge is 2.23. The summed E-state index contributed by atoms with van der Waals surface area (Å²) in [4.78, 5) is 11.9. The van der Waals surface area contributed by atoms with Crippen LogP contribution in [0.5, 0.6) is 5.75 Å². The van der Waals surface area contributed by atoms with E-state index in [1.165, 1.54) is 6.42 Å². The van der Waals surface area contributed by atoms with Gasteiger partial charge in [-0.2, -0.15) is 0 Å². The Morgan fingerprint density at radius 2 is 1.95 bits per heavy atom. The van der Waals surface area contributed by atoms with Crippen LogP contribution in [0.3, 0.4) is 0 Å². The number of rotatable bonds is 4. The molecule has 2 N–H and O–H groups in total. The molecule has 0 amide bonds. The molecular formula is C15H21NO3. The second-order valence-corrected chi connectivity index (χ2v) is 4.99. The van der Waals surface area contributed by atoms with E-state index in [-0.39, 0.29) is 12.1 Å². The maximum Gasteiger partial charge on any atom is 0.347 e. The van der Waals surface area contributed by atoms with Gasteiger partial charge in [0.15, 0.2) is 6.10 Å². The molecule has 1 aliphatic carbocycles. The summed E-state index contributed by atoms with van der Waals surface area (Å²) in [5, 5.41) is 0. The van der Waals surface area contributed by atoms with Gasteiger partial charge < -0.3 is 15.2 Å². The third-order valence-corrected chi connectivity index (χ3v) is 3.39. The minimum atomic E-state index is -0.633. The van der Waals surface area contributed by atoms with E-state index in [4.69, 9.17) is 15.2 Å². The highest BCUT2D eigenvalue weighted by molar-refractivity contribution is 5.75. The van der Waals surface area contributed by atoms with Crippen molar-refractivity contribution >= 4 is 11.7 Å². The summed E-state index contributed by atoms with van der Waals surface area (Å²) < 4.78 is 11.0. The molecule has 0 radical (unpaired) electrons. The molecule has 19 heavy (non-hydrogen) atoms. The molecule has 0 bridgehead atoms. The number of para-hydroxylation sites is 2. The van der Waals surface area contributed by atoms with Crippen LogP contribution in [0.2, 0.25) is 0 Å². The Bertz CT molecular complexity index is 427. The Morgan fingerprint density at radius 3 is 2.63 bits per heavy atom. The number of carbonyl (C=O) groups is 1. The van der Waals surface area contributed by atoms with Crippen molar-refractivity contribution in [1.29, 1.82) is 0 Å². The first-order chi connectivity index (χ1) is 9.16. The molecule has 0 saturated heterocycles. The number of benzene rings is 1. The molecule has 0 aromatic heterocycles. The summed E-state index contributed by atoms with van der Waals surface area (Å²) in [6, 6.07) is 7.15. The molecule has 1 unspecified atom stereocenters. The van der Waals surface area contributed by atoms with Crippen molar-refractivity contribution in [3.63, 3.8) is 0 Å². The quantitative estimate of drug-likeness (QED) is 0.670. The zero-order valence-electron chi connectivity index (χ0n) is 11.3. The van der Waals surface area contributed by atoms with Crippen LogP contribution >= 0.6 is 0 Å². The molecule has 1 aromatic rings. The molecule has 1 aliphatic rings. The first kappa shape index (κ1) is 13.7. The molecule has 1 fully saturated rings. The lowest BCUT2D eigenvalue weighted by molar-refractivity contribution is -0.158. The van der Waals surface area contributed by atoms with Crippen molar-refractivity contribution in [2.24, 2.45) is 0 Å². The third-order valence-electron chi connectivity index (χ3n) is 3.39. The lowest BCUT2D eigenvalue weighted by Crippen LogP contribution is -2.31. The van der Waals surface area contributed by atoms with Gasteiger partial charge in [0.1, 0.15) is 11.9 Å². The van der Waals surface area contributed by atoms with E-state index >= 15 is 0 Å². The number of nitrogen functional groups attached to an aromatic ring is 1. The molecule has 0 heterocycles. The molecule has 0 spiro atoms. The summed E-state index contributed by atoms with van der Waals surface area (Å²) >= 11 is 0. The number of anilines is 1. The Morgan fingerprint density at radius 1 is 1.26 bits per heavy atom. The van der Waals surface area contributed by atoms with Gasteiger partial charge in [-0.15, -0.1) is 0 Å². The number of nitrogens with two attached hydrogens (primary N) is 1. The van der Waals surface area contributed by atoms with Crippen molar-refractivity contribution in [1.82, 2.24) is 0 Å². The standard InChI is InChI=1S/C15H21NO3/c1-11(18-14-10-6-5-9-13(14)16)15(17)19-12-7-3-2-4-8-12/h5-6,9-12H,2-4,7-8,16H2,1H3. The summed E-state index contributed by atoms with van der Waals surface area (Å²) in [5.41, 5.74) is 6.30. The summed E-state index contributed by atoms with van der Waals surface area (Å²) in [6.45, 7) is 1.69. The molecule has 4 heteroatoms. The predicted octanol–water partition coefficient (Wildman–Crippen LogP) is 2.91. The van der Waals surface area contributed by atoms with Gasteiger partial charge in [0, 0.05) is 0 Å². The van der Waals surface area contributed by atoms with Gasteiger partial charge in [-0.25, -0.2) is 4.79 Å². The fourth-order valence-corrected chi connectivity index (χ4v) is 2.27. The van der Waals surface area contributed by atoms with E-state index in [9.17, 15) is 4.79 Å². The van der Waals surface area contributed by atoms with Crippen LogP contribution < -0.4 is 10.5 Å². The van der Waals surface area contributed by atoms with Crippen LogP contribution in [0.25, 0.3) is 0 Å². The largest absolute Gasteiger partial charge is 0.477 e. The molecule has 104 valence electrons. The Labute approximate surface area is 113 Å². The lowest BCUT2D eigenvalue weighted by atomic mass is 9.98. The van der Waals surface area contributed by atoms with Crippen molar-refractivity contribution < 1.29 is 14.3 Å². The van der Waals surface area contributed by atoms with Crippen LogP contribution in [-0.2, 0) is 9.53 Å². The average Bonchev–Trinajstić information content (AvgIpc) is 2.42. The molecule has 1 saturated carbocycles. The number of ether oxygens (including phenoxy) is 2. The van der Waals surface area contributed by atoms with E-state index in [1.54, 1.807) is 19.1 Å². The molecule has 1 aromatic carbocycles. The Kier molecular flexibility index (Phi) is 4.66. The van der Waals surface area contributed by atoms with E-state index in [1.807, 2.05) is 12.1 Å². The van der Waals surface area contributed by atoms with Crippen molar-refractivity contribution in [3.05, 3.63) is 24.3 Å². The molecular weight excluding hydrogens is 242 g/mol. The zero-order valence-corrected chi connectivity index (χ0v) is 11.3. The van der Waals surface area contributed by atoms with Gasteiger partial charge in [0.2, 0.25) is 0 Å². The maximum atomic E-state index is 11.9. The van der Waals surface area contributed by atoms with Crippen molar-refractivity contribution in [2.45, 2.75) is 51.2 Å². The van der Waals surface area contributed by atoms with E-state index < -0.39 is 6.10 Å². The number of hydrogen-bond donors (Lipinski definition) is 1. The topological polar surface area (TPSA) is 61.5 Å². The predicted molar refractivity (Wildman–Crippen MR) is 73.9 cm³/mol. The molecule has 1 atom stereocenters. The smallest absolute Gasteiger partial charge is 0.347 e. The Balaban J connectivity index is 1.87. The van der Waals surface area contributed by atoms with Gasteiger partial charge >= 0.3 is 5.97 Å². The Hall–Kier alpha value is -1.71. The van der Waals surface area contributed by atoms with Crippen LogP contribution in [0.4, 0.5) is 5.69 Å². The van der Waals surface area contributed by atoms with Gasteiger partial charge in [-0.1, -0.05) is 18.6 Å². The molecule has 2 rings (SSSR count). The first-order valence-corrected chi connectivity index (χ1v) is 6.88. The van der Waals surface area contributed by atoms with Crippen LogP contribution in [-0.4, -0.2) is 18.2 Å². The second kappa shape index (κ2) is 6.45. The van der Waals surface area contributed by atoms with E-state index in [2.05, 4.69) is 0 Å². The normalized spacial score (nSPS) is 17.7. The van der Waals surface area contributed by atoms with Gasteiger partial charge in [0.25, 0.3) is 0 Å². The molecule has 4 nitrogen and oxygen atoms in total. The van der Waals surface area contributed by atoms with Crippen LogP contribution in [0.15, 0.2) is 24.3 Å². The highest BCUT2D eigenvalue weighted by Crippen LogP contribution is 2.23. The number of hydrogen-bond acceptors (Lipinski definition) is 4. The summed E-state index contributed by atoms with van der Waals surface area (Å²) in [7, 11) is 0.